The minimum Gasteiger partial charge on any atom is -0.338 e. The second-order valence-corrected chi connectivity index (χ2v) is 9.40. The number of H-pyrrole nitrogens is 1. The molecule has 2 aliphatic heterocycles. The first-order valence-corrected chi connectivity index (χ1v) is 11.8. The molecule has 0 aliphatic carbocycles. The summed E-state index contributed by atoms with van der Waals surface area (Å²) >= 11 is 0. The number of aromatic nitrogens is 4. The van der Waals surface area contributed by atoms with E-state index in [0.29, 0.717) is 38.2 Å². The Morgan fingerprint density at radius 2 is 1.83 bits per heavy atom. The summed E-state index contributed by atoms with van der Waals surface area (Å²) in [7, 11) is 1.87. The van der Waals surface area contributed by atoms with Gasteiger partial charge in [0.1, 0.15) is 18.0 Å². The van der Waals surface area contributed by atoms with Crippen LogP contribution in [0.5, 0.6) is 0 Å². The van der Waals surface area contributed by atoms with E-state index in [-0.39, 0.29) is 11.8 Å². The fourth-order valence-corrected chi connectivity index (χ4v) is 5.49. The van der Waals surface area contributed by atoms with Crippen molar-refractivity contribution in [3.8, 4) is 0 Å². The summed E-state index contributed by atoms with van der Waals surface area (Å²) in [6.45, 7) is 3.40. The van der Waals surface area contributed by atoms with Crippen molar-refractivity contribution < 1.29 is 9.59 Å². The van der Waals surface area contributed by atoms with Crippen molar-refractivity contribution in [3.63, 3.8) is 0 Å². The summed E-state index contributed by atoms with van der Waals surface area (Å²) < 4.78 is 1.76. The predicted octanol–water partition coefficient (Wildman–Crippen LogP) is 3.09. The number of amides is 2. The summed E-state index contributed by atoms with van der Waals surface area (Å²) in [5.41, 5.74) is 2.72. The highest BCUT2D eigenvalue weighted by atomic mass is 16.2. The molecule has 9 heteroatoms. The Hall–Kier alpha value is -4.14. The number of benzene rings is 2. The van der Waals surface area contributed by atoms with Gasteiger partial charge in [0, 0.05) is 42.8 Å². The molecule has 178 valence electrons. The molecule has 0 atom stereocenters. The van der Waals surface area contributed by atoms with Crippen molar-refractivity contribution in [2.24, 2.45) is 7.05 Å². The highest BCUT2D eigenvalue weighted by Gasteiger charge is 2.55. The van der Waals surface area contributed by atoms with Crippen LogP contribution in [-0.4, -0.2) is 62.0 Å². The Morgan fingerprint density at radius 1 is 1.06 bits per heavy atom. The van der Waals surface area contributed by atoms with E-state index >= 15 is 0 Å². The van der Waals surface area contributed by atoms with Crippen molar-refractivity contribution in [2.45, 2.75) is 25.3 Å². The lowest BCUT2D eigenvalue weighted by atomic mass is 9.85. The third-order valence-electron chi connectivity index (χ3n) is 7.33. The molecule has 0 unspecified atom stereocenters. The standard InChI is InChI=1S/C26H27N7O2/c1-18-14-23(30(2)29-18)32-17-33(21-6-4-3-5-7-21)26(25(32)35)10-12-31(13-11-26)24(34)19-8-9-22-20(15-19)16-27-28-22/h3-9,14-16H,10-13,17H2,1-2H3,(H,27,28). The van der Waals surface area contributed by atoms with E-state index in [1.54, 1.807) is 10.9 Å². The van der Waals surface area contributed by atoms with E-state index in [0.717, 1.165) is 28.1 Å². The summed E-state index contributed by atoms with van der Waals surface area (Å²) in [5.74, 6) is 0.840. The maximum atomic E-state index is 14.0. The number of nitrogens with one attached hydrogen (secondary N) is 1. The normalized spacial score (nSPS) is 17.7. The number of carbonyl (C=O) groups excluding carboxylic acids is 2. The topological polar surface area (TPSA) is 90.4 Å². The van der Waals surface area contributed by atoms with E-state index in [1.807, 2.05) is 78.4 Å². The average molecular weight is 470 g/mol. The lowest BCUT2D eigenvalue weighted by Crippen LogP contribution is -2.57. The monoisotopic (exact) mass is 469 g/mol. The van der Waals surface area contributed by atoms with E-state index in [1.165, 1.54) is 0 Å². The first-order valence-electron chi connectivity index (χ1n) is 11.8. The summed E-state index contributed by atoms with van der Waals surface area (Å²) in [4.78, 5) is 33.2. The predicted molar refractivity (Wildman–Crippen MR) is 133 cm³/mol. The molecule has 4 heterocycles. The number of aryl methyl sites for hydroxylation is 2. The van der Waals surface area contributed by atoms with Gasteiger partial charge in [0.05, 0.1) is 17.4 Å². The Morgan fingerprint density at radius 3 is 2.54 bits per heavy atom. The maximum absolute atomic E-state index is 14.0. The molecule has 4 aromatic rings. The number of carbonyl (C=O) groups is 2. The molecule has 1 spiro atoms. The fourth-order valence-electron chi connectivity index (χ4n) is 5.49. The largest absolute Gasteiger partial charge is 0.338 e. The third-order valence-corrected chi connectivity index (χ3v) is 7.33. The van der Waals surface area contributed by atoms with Gasteiger partial charge >= 0.3 is 0 Å². The number of likely N-dealkylation sites (tertiary alicyclic amines) is 1. The lowest BCUT2D eigenvalue weighted by molar-refractivity contribution is -0.123. The van der Waals surface area contributed by atoms with Gasteiger partial charge in [0.25, 0.3) is 11.8 Å². The molecule has 35 heavy (non-hydrogen) atoms. The number of piperidine rings is 1. The number of para-hydroxylation sites is 1. The molecule has 2 saturated heterocycles. The summed E-state index contributed by atoms with van der Waals surface area (Å²) in [6.07, 6.45) is 2.85. The number of rotatable bonds is 3. The Labute approximate surface area is 202 Å². The molecular weight excluding hydrogens is 442 g/mol. The molecule has 0 bridgehead atoms. The first kappa shape index (κ1) is 21.4. The van der Waals surface area contributed by atoms with Gasteiger partial charge in [-0.1, -0.05) is 18.2 Å². The molecule has 2 aromatic carbocycles. The van der Waals surface area contributed by atoms with Gasteiger partial charge in [-0.25, -0.2) is 0 Å². The van der Waals surface area contributed by atoms with Crippen molar-refractivity contribution >= 4 is 34.2 Å². The number of nitrogens with zero attached hydrogens (tertiary/aromatic N) is 6. The van der Waals surface area contributed by atoms with Gasteiger partial charge in [-0.15, -0.1) is 0 Å². The van der Waals surface area contributed by atoms with E-state index in [4.69, 9.17) is 0 Å². The summed E-state index contributed by atoms with van der Waals surface area (Å²) in [6, 6.07) is 17.6. The Kier molecular flexibility index (Phi) is 4.87. The van der Waals surface area contributed by atoms with Crippen molar-refractivity contribution in [1.82, 2.24) is 24.9 Å². The van der Waals surface area contributed by atoms with Crippen LogP contribution >= 0.6 is 0 Å². The van der Waals surface area contributed by atoms with Crippen molar-refractivity contribution in [3.05, 3.63) is 72.1 Å². The van der Waals surface area contributed by atoms with Crippen LogP contribution in [0, 0.1) is 6.92 Å². The zero-order valence-corrected chi connectivity index (χ0v) is 19.8. The van der Waals surface area contributed by atoms with Gasteiger partial charge in [-0.3, -0.25) is 24.3 Å². The quantitative estimate of drug-likeness (QED) is 0.498. The third kappa shape index (κ3) is 3.38. The maximum Gasteiger partial charge on any atom is 0.255 e. The second-order valence-electron chi connectivity index (χ2n) is 9.40. The molecule has 2 aromatic heterocycles. The van der Waals surface area contributed by atoms with E-state index in [2.05, 4.69) is 20.2 Å². The van der Waals surface area contributed by atoms with Gasteiger partial charge in [-0.2, -0.15) is 10.2 Å². The van der Waals surface area contributed by atoms with Crippen molar-refractivity contribution in [2.75, 3.05) is 29.6 Å². The van der Waals surface area contributed by atoms with Crippen LogP contribution in [0.25, 0.3) is 10.9 Å². The van der Waals surface area contributed by atoms with Gasteiger partial charge in [0.2, 0.25) is 0 Å². The minimum absolute atomic E-state index is 0.0150. The number of aromatic amines is 1. The lowest BCUT2D eigenvalue weighted by Gasteiger charge is -2.43. The number of anilines is 2. The van der Waals surface area contributed by atoms with Gasteiger partial charge < -0.3 is 9.80 Å². The van der Waals surface area contributed by atoms with Gasteiger partial charge in [-0.05, 0) is 50.1 Å². The van der Waals surface area contributed by atoms with Crippen LogP contribution < -0.4 is 9.80 Å². The highest BCUT2D eigenvalue weighted by molar-refractivity contribution is 6.06. The van der Waals surface area contributed by atoms with Crippen LogP contribution in [-0.2, 0) is 11.8 Å². The van der Waals surface area contributed by atoms with E-state index in [9.17, 15) is 9.59 Å². The molecule has 6 rings (SSSR count). The average Bonchev–Trinajstić information content (AvgIpc) is 3.56. The molecular formula is C26H27N7O2. The van der Waals surface area contributed by atoms with Crippen LogP contribution in [0.2, 0.25) is 0 Å². The zero-order chi connectivity index (χ0) is 24.2. The highest BCUT2D eigenvalue weighted by Crippen LogP contribution is 2.41. The van der Waals surface area contributed by atoms with Crippen molar-refractivity contribution in [1.29, 1.82) is 0 Å². The van der Waals surface area contributed by atoms with E-state index < -0.39 is 5.54 Å². The molecule has 2 aliphatic rings. The van der Waals surface area contributed by atoms with Crippen LogP contribution in [0.15, 0.2) is 60.8 Å². The second kappa shape index (κ2) is 7.97. The number of fused-ring (bicyclic) bond motifs is 1. The minimum atomic E-state index is -0.704. The van der Waals surface area contributed by atoms with Gasteiger partial charge in [0.15, 0.2) is 0 Å². The Balaban J connectivity index is 1.29. The zero-order valence-electron chi connectivity index (χ0n) is 19.8. The fraction of sp³-hybridized carbons (Fsp3) is 0.308. The number of hydrogen-bond donors (Lipinski definition) is 1. The number of hydrogen-bond acceptors (Lipinski definition) is 5. The molecule has 2 fully saturated rings. The smallest absolute Gasteiger partial charge is 0.255 e. The first-order chi connectivity index (χ1) is 17.0. The Bertz CT molecular complexity index is 1420. The molecule has 9 nitrogen and oxygen atoms in total. The molecule has 2 amide bonds. The molecule has 0 saturated carbocycles. The molecule has 1 N–H and O–H groups in total. The SMILES string of the molecule is Cc1cc(N2CN(c3ccccc3)C3(CCN(C(=O)c4ccc5[nH]ncc5c4)CC3)C2=O)n(C)n1. The van der Waals surface area contributed by atoms with Crippen LogP contribution in [0.4, 0.5) is 11.5 Å². The summed E-state index contributed by atoms with van der Waals surface area (Å²) in [5, 5.41) is 12.3. The molecule has 0 radical (unpaired) electrons. The van der Waals surface area contributed by atoms with Crippen LogP contribution in [0.3, 0.4) is 0 Å². The van der Waals surface area contributed by atoms with Crippen LogP contribution in [0.1, 0.15) is 28.9 Å².